The van der Waals surface area contributed by atoms with Crippen LogP contribution in [0.25, 0.3) is 0 Å². The van der Waals surface area contributed by atoms with Crippen molar-refractivity contribution in [1.29, 1.82) is 0 Å². The van der Waals surface area contributed by atoms with E-state index in [0.717, 1.165) is 12.3 Å². The van der Waals surface area contributed by atoms with Crippen LogP contribution in [0.15, 0.2) is 42.5 Å². The molecule has 0 bridgehead atoms. The Hall–Kier alpha value is -1.96. The second-order valence-electron chi connectivity index (χ2n) is 5.12. The van der Waals surface area contributed by atoms with Gasteiger partial charge < -0.3 is 10.1 Å². The molecule has 0 aliphatic carbocycles. The zero-order chi connectivity index (χ0) is 13.1. The summed E-state index contributed by atoms with van der Waals surface area (Å²) in [5, 5.41) is 3.43. The number of aryl methyl sites for hydroxylation is 2. The standard InChI is InChI=1S/C17H19NO/c1-13-4-7-16(8-5-13)19-12-14-6-9-17-15(11-14)3-2-10-18-17/h4-9,11,18H,2-3,10,12H2,1H3. The third-order valence-electron chi connectivity index (χ3n) is 3.53. The number of hydrogen-bond donors (Lipinski definition) is 1. The molecule has 1 aliphatic heterocycles. The van der Waals surface area contributed by atoms with Gasteiger partial charge in [-0.1, -0.05) is 29.8 Å². The van der Waals surface area contributed by atoms with E-state index in [9.17, 15) is 0 Å². The molecule has 0 saturated carbocycles. The Morgan fingerprint density at radius 1 is 1.11 bits per heavy atom. The Balaban J connectivity index is 1.68. The number of rotatable bonds is 3. The van der Waals surface area contributed by atoms with Crippen molar-refractivity contribution in [2.45, 2.75) is 26.4 Å². The fraction of sp³-hybridized carbons (Fsp3) is 0.294. The van der Waals surface area contributed by atoms with Crippen LogP contribution in [0.2, 0.25) is 0 Å². The number of nitrogens with one attached hydrogen (secondary N) is 1. The minimum Gasteiger partial charge on any atom is -0.489 e. The maximum Gasteiger partial charge on any atom is 0.119 e. The van der Waals surface area contributed by atoms with Crippen LogP contribution in [0.5, 0.6) is 5.75 Å². The average molecular weight is 253 g/mol. The average Bonchev–Trinajstić information content (AvgIpc) is 2.46. The summed E-state index contributed by atoms with van der Waals surface area (Å²) < 4.78 is 5.82. The first-order chi connectivity index (χ1) is 9.31. The van der Waals surface area contributed by atoms with Gasteiger partial charge in [0.25, 0.3) is 0 Å². The maximum absolute atomic E-state index is 5.82. The molecule has 1 heterocycles. The molecule has 19 heavy (non-hydrogen) atoms. The van der Waals surface area contributed by atoms with Crippen LogP contribution >= 0.6 is 0 Å². The molecule has 1 aliphatic rings. The highest BCUT2D eigenvalue weighted by atomic mass is 16.5. The van der Waals surface area contributed by atoms with E-state index in [1.165, 1.54) is 35.2 Å². The Labute approximate surface area is 114 Å². The van der Waals surface area contributed by atoms with Gasteiger partial charge in [-0.05, 0) is 49.1 Å². The van der Waals surface area contributed by atoms with Crippen molar-refractivity contribution >= 4 is 5.69 Å². The Morgan fingerprint density at radius 3 is 2.79 bits per heavy atom. The van der Waals surface area contributed by atoms with Gasteiger partial charge in [-0.2, -0.15) is 0 Å². The van der Waals surface area contributed by atoms with Crippen LogP contribution in [-0.2, 0) is 13.0 Å². The largest absolute Gasteiger partial charge is 0.489 e. The van der Waals surface area contributed by atoms with E-state index in [0.29, 0.717) is 6.61 Å². The van der Waals surface area contributed by atoms with Gasteiger partial charge in [0.1, 0.15) is 12.4 Å². The molecule has 0 radical (unpaired) electrons. The molecule has 0 spiro atoms. The van der Waals surface area contributed by atoms with Crippen molar-refractivity contribution in [3.8, 4) is 5.75 Å². The molecule has 2 nitrogen and oxygen atoms in total. The summed E-state index contributed by atoms with van der Waals surface area (Å²) in [5.74, 6) is 0.932. The molecule has 98 valence electrons. The van der Waals surface area contributed by atoms with E-state index >= 15 is 0 Å². The van der Waals surface area contributed by atoms with Crippen LogP contribution in [0, 0.1) is 6.92 Å². The van der Waals surface area contributed by atoms with Crippen molar-refractivity contribution in [1.82, 2.24) is 0 Å². The van der Waals surface area contributed by atoms with E-state index in [4.69, 9.17) is 4.74 Å². The first-order valence-corrected chi connectivity index (χ1v) is 6.86. The van der Waals surface area contributed by atoms with Gasteiger partial charge in [-0.15, -0.1) is 0 Å². The van der Waals surface area contributed by atoms with Crippen molar-refractivity contribution in [2.24, 2.45) is 0 Å². The van der Waals surface area contributed by atoms with Crippen molar-refractivity contribution in [3.63, 3.8) is 0 Å². The second kappa shape index (κ2) is 5.35. The van der Waals surface area contributed by atoms with Gasteiger partial charge in [-0.3, -0.25) is 0 Å². The Morgan fingerprint density at radius 2 is 1.95 bits per heavy atom. The third kappa shape index (κ3) is 2.90. The van der Waals surface area contributed by atoms with Crippen LogP contribution in [0.3, 0.4) is 0 Å². The summed E-state index contributed by atoms with van der Waals surface area (Å²) in [7, 11) is 0. The molecule has 2 aromatic rings. The highest BCUT2D eigenvalue weighted by molar-refractivity contribution is 5.54. The Kier molecular flexibility index (Phi) is 3.41. The quantitative estimate of drug-likeness (QED) is 0.894. The molecule has 0 unspecified atom stereocenters. The lowest BCUT2D eigenvalue weighted by Gasteiger charge is -2.18. The number of benzene rings is 2. The SMILES string of the molecule is Cc1ccc(OCc2ccc3c(c2)CCCN3)cc1. The highest BCUT2D eigenvalue weighted by Crippen LogP contribution is 2.23. The predicted molar refractivity (Wildman–Crippen MR) is 78.8 cm³/mol. The van der Waals surface area contributed by atoms with Gasteiger partial charge in [0.05, 0.1) is 0 Å². The van der Waals surface area contributed by atoms with Crippen LogP contribution in [-0.4, -0.2) is 6.54 Å². The van der Waals surface area contributed by atoms with Crippen LogP contribution in [0.4, 0.5) is 5.69 Å². The van der Waals surface area contributed by atoms with Crippen molar-refractivity contribution in [2.75, 3.05) is 11.9 Å². The molecular weight excluding hydrogens is 234 g/mol. The number of fused-ring (bicyclic) bond motifs is 1. The number of anilines is 1. The zero-order valence-corrected chi connectivity index (χ0v) is 11.3. The zero-order valence-electron chi connectivity index (χ0n) is 11.3. The molecule has 2 aromatic carbocycles. The smallest absolute Gasteiger partial charge is 0.119 e. The van der Waals surface area contributed by atoms with Gasteiger partial charge in [0, 0.05) is 12.2 Å². The summed E-state index contributed by atoms with van der Waals surface area (Å²) in [6.45, 7) is 3.81. The highest BCUT2D eigenvalue weighted by Gasteiger charge is 2.08. The lowest BCUT2D eigenvalue weighted by atomic mass is 10.0. The van der Waals surface area contributed by atoms with Gasteiger partial charge in [0.15, 0.2) is 0 Å². The fourth-order valence-corrected chi connectivity index (χ4v) is 2.42. The first-order valence-electron chi connectivity index (χ1n) is 6.86. The summed E-state index contributed by atoms with van der Waals surface area (Å²) in [6.07, 6.45) is 2.38. The molecule has 0 amide bonds. The van der Waals surface area contributed by atoms with Crippen molar-refractivity contribution in [3.05, 3.63) is 59.2 Å². The molecule has 0 atom stereocenters. The normalized spacial score (nSPS) is 13.5. The van der Waals surface area contributed by atoms with Crippen LogP contribution in [0.1, 0.15) is 23.1 Å². The van der Waals surface area contributed by atoms with Crippen LogP contribution < -0.4 is 10.1 Å². The van der Waals surface area contributed by atoms with E-state index in [1.807, 2.05) is 12.1 Å². The molecule has 1 N–H and O–H groups in total. The van der Waals surface area contributed by atoms with Gasteiger partial charge in [-0.25, -0.2) is 0 Å². The Bertz CT molecular complexity index is 560. The summed E-state index contributed by atoms with van der Waals surface area (Å²) in [6, 6.07) is 14.8. The lowest BCUT2D eigenvalue weighted by Crippen LogP contribution is -2.12. The summed E-state index contributed by atoms with van der Waals surface area (Å²) >= 11 is 0. The molecule has 2 heteroatoms. The minimum absolute atomic E-state index is 0.635. The predicted octanol–water partition coefficient (Wildman–Crippen LogP) is 3.93. The molecule has 0 aromatic heterocycles. The fourth-order valence-electron chi connectivity index (χ4n) is 2.42. The maximum atomic E-state index is 5.82. The lowest BCUT2D eigenvalue weighted by molar-refractivity contribution is 0.306. The third-order valence-corrected chi connectivity index (χ3v) is 3.53. The van der Waals surface area contributed by atoms with E-state index in [-0.39, 0.29) is 0 Å². The molecule has 0 saturated heterocycles. The monoisotopic (exact) mass is 253 g/mol. The topological polar surface area (TPSA) is 21.3 Å². The van der Waals surface area contributed by atoms with E-state index in [2.05, 4.69) is 42.6 Å². The van der Waals surface area contributed by atoms with Gasteiger partial charge in [0.2, 0.25) is 0 Å². The summed E-state index contributed by atoms with van der Waals surface area (Å²) in [4.78, 5) is 0. The second-order valence-corrected chi connectivity index (χ2v) is 5.12. The van der Waals surface area contributed by atoms with Crippen molar-refractivity contribution < 1.29 is 4.74 Å². The molecular formula is C17H19NO. The molecule has 0 fully saturated rings. The van der Waals surface area contributed by atoms with Gasteiger partial charge >= 0.3 is 0 Å². The molecule has 3 rings (SSSR count). The van der Waals surface area contributed by atoms with E-state index < -0.39 is 0 Å². The first kappa shape index (κ1) is 12.1. The minimum atomic E-state index is 0.635. The number of hydrogen-bond acceptors (Lipinski definition) is 2. The number of ether oxygens (including phenoxy) is 1. The van der Waals surface area contributed by atoms with E-state index in [1.54, 1.807) is 0 Å². The summed E-state index contributed by atoms with van der Waals surface area (Å²) in [5.41, 5.74) is 5.19.